The molecule has 2 rings (SSSR count). The number of nitrogens with zero attached hydrogens (tertiary/aromatic N) is 1. The van der Waals surface area contributed by atoms with Crippen LogP contribution in [0.2, 0.25) is 0 Å². The minimum Gasteiger partial charge on any atom is -0.389 e. The molecule has 1 fully saturated rings. The van der Waals surface area contributed by atoms with E-state index >= 15 is 0 Å². The number of hydrogen-bond acceptors (Lipinski definition) is 3. The molecule has 5 heteroatoms. The van der Waals surface area contributed by atoms with Crippen molar-refractivity contribution in [2.24, 2.45) is 5.73 Å². The highest BCUT2D eigenvalue weighted by Crippen LogP contribution is 2.15. The number of halogens is 1. The minimum absolute atomic E-state index is 0.196. The molecule has 1 aliphatic heterocycles. The van der Waals surface area contributed by atoms with Gasteiger partial charge in [-0.2, -0.15) is 0 Å². The Balaban J connectivity index is 2.07. The fourth-order valence-corrected chi connectivity index (χ4v) is 2.42. The highest BCUT2D eigenvalue weighted by Gasteiger charge is 2.16. The van der Waals surface area contributed by atoms with Crippen LogP contribution in [-0.2, 0) is 11.3 Å². The van der Waals surface area contributed by atoms with Crippen molar-refractivity contribution in [2.45, 2.75) is 26.0 Å². The van der Waals surface area contributed by atoms with Crippen molar-refractivity contribution in [3.63, 3.8) is 0 Å². The summed E-state index contributed by atoms with van der Waals surface area (Å²) in [7, 11) is 0. The van der Waals surface area contributed by atoms with Gasteiger partial charge in [-0.25, -0.2) is 4.39 Å². The lowest BCUT2D eigenvalue weighted by Crippen LogP contribution is -2.30. The summed E-state index contributed by atoms with van der Waals surface area (Å²) in [6.07, 6.45) is 1.18. The number of rotatable bonds is 3. The van der Waals surface area contributed by atoms with Gasteiger partial charge < -0.3 is 10.5 Å². The Bertz CT molecular complexity index is 467. The lowest BCUT2D eigenvalue weighted by molar-refractivity contribution is 0.0666. The van der Waals surface area contributed by atoms with Crippen molar-refractivity contribution in [1.82, 2.24) is 4.90 Å². The van der Waals surface area contributed by atoms with Crippen molar-refractivity contribution < 1.29 is 9.13 Å². The Hall–Kier alpha value is -1.04. The van der Waals surface area contributed by atoms with Crippen LogP contribution < -0.4 is 5.73 Å². The van der Waals surface area contributed by atoms with E-state index in [1.807, 2.05) is 6.92 Å². The van der Waals surface area contributed by atoms with Crippen LogP contribution in [0.15, 0.2) is 18.2 Å². The summed E-state index contributed by atoms with van der Waals surface area (Å²) in [5.41, 5.74) is 6.74. The molecule has 1 aromatic rings. The number of nitrogens with two attached hydrogens (primary N) is 1. The summed E-state index contributed by atoms with van der Waals surface area (Å²) in [4.78, 5) is 2.44. The SMILES string of the molecule is CC1CN(Cc2ccc(C(N)=S)cc2F)CCCO1. The zero-order chi connectivity index (χ0) is 13.8. The van der Waals surface area contributed by atoms with E-state index in [-0.39, 0.29) is 16.9 Å². The Morgan fingerprint density at radius 3 is 3.05 bits per heavy atom. The molecule has 0 saturated carbocycles. The van der Waals surface area contributed by atoms with Gasteiger partial charge in [0.1, 0.15) is 10.8 Å². The zero-order valence-electron chi connectivity index (χ0n) is 11.1. The van der Waals surface area contributed by atoms with Crippen LogP contribution >= 0.6 is 12.2 Å². The second-order valence-corrected chi connectivity index (χ2v) is 5.38. The van der Waals surface area contributed by atoms with Crippen LogP contribution in [0.3, 0.4) is 0 Å². The molecular formula is C14H19FN2OS. The molecule has 1 saturated heterocycles. The first kappa shape index (κ1) is 14.4. The monoisotopic (exact) mass is 282 g/mol. The molecule has 1 aromatic carbocycles. The van der Waals surface area contributed by atoms with Crippen molar-refractivity contribution in [2.75, 3.05) is 19.7 Å². The second-order valence-electron chi connectivity index (χ2n) is 4.94. The van der Waals surface area contributed by atoms with E-state index in [1.54, 1.807) is 12.1 Å². The van der Waals surface area contributed by atoms with Gasteiger partial charge in [0.05, 0.1) is 6.10 Å². The smallest absolute Gasteiger partial charge is 0.128 e. The maximum absolute atomic E-state index is 14.0. The van der Waals surface area contributed by atoms with Crippen LogP contribution in [0.25, 0.3) is 0 Å². The summed E-state index contributed by atoms with van der Waals surface area (Å²) in [5.74, 6) is -0.247. The van der Waals surface area contributed by atoms with Gasteiger partial charge >= 0.3 is 0 Å². The number of thiocarbonyl (C=S) groups is 1. The molecule has 1 aliphatic rings. The van der Waals surface area contributed by atoms with Crippen LogP contribution in [0.1, 0.15) is 24.5 Å². The van der Waals surface area contributed by atoms with Gasteiger partial charge in [-0.3, -0.25) is 4.90 Å². The first-order valence-electron chi connectivity index (χ1n) is 6.48. The average molecular weight is 282 g/mol. The average Bonchev–Trinajstić information content (AvgIpc) is 2.56. The molecule has 3 nitrogen and oxygen atoms in total. The third kappa shape index (κ3) is 3.96. The number of hydrogen-bond donors (Lipinski definition) is 1. The summed E-state index contributed by atoms with van der Waals surface area (Å²) >= 11 is 4.84. The molecule has 1 unspecified atom stereocenters. The van der Waals surface area contributed by atoms with Gasteiger partial charge in [0.15, 0.2) is 0 Å². The predicted octanol–water partition coefficient (Wildman–Crippen LogP) is 2.07. The van der Waals surface area contributed by atoms with E-state index < -0.39 is 0 Å². The Kier molecular flexibility index (Phi) is 4.85. The molecule has 104 valence electrons. The molecule has 0 amide bonds. The molecule has 0 aliphatic carbocycles. The normalized spacial score (nSPS) is 21.1. The predicted molar refractivity (Wildman–Crippen MR) is 77.6 cm³/mol. The quantitative estimate of drug-likeness (QED) is 0.861. The van der Waals surface area contributed by atoms with E-state index in [2.05, 4.69) is 4.90 Å². The first-order valence-corrected chi connectivity index (χ1v) is 6.89. The minimum atomic E-state index is -0.247. The van der Waals surface area contributed by atoms with E-state index in [1.165, 1.54) is 6.07 Å². The molecule has 1 atom stereocenters. The molecule has 2 N–H and O–H groups in total. The van der Waals surface area contributed by atoms with Gasteiger partial charge in [0, 0.05) is 37.4 Å². The number of benzene rings is 1. The standard InChI is InChI=1S/C14H19FN2OS/c1-10-8-17(5-2-6-18-10)9-12-4-3-11(14(16)19)7-13(12)15/h3-4,7,10H,2,5-6,8-9H2,1H3,(H2,16,19). The van der Waals surface area contributed by atoms with Gasteiger partial charge in [-0.05, 0) is 19.4 Å². The Labute approximate surface area is 118 Å². The number of ether oxygens (including phenoxy) is 1. The molecule has 0 bridgehead atoms. The highest BCUT2D eigenvalue weighted by atomic mass is 32.1. The van der Waals surface area contributed by atoms with E-state index in [9.17, 15) is 4.39 Å². The molecular weight excluding hydrogens is 263 g/mol. The summed E-state index contributed by atoms with van der Waals surface area (Å²) in [6.45, 7) is 5.18. The van der Waals surface area contributed by atoms with Gasteiger partial charge in [-0.1, -0.05) is 24.4 Å². The summed E-state index contributed by atoms with van der Waals surface area (Å²) in [5, 5.41) is 0. The van der Waals surface area contributed by atoms with Crippen molar-refractivity contribution in [3.8, 4) is 0 Å². The topological polar surface area (TPSA) is 38.5 Å². The van der Waals surface area contributed by atoms with E-state index in [0.717, 1.165) is 26.1 Å². The molecule has 0 aromatic heterocycles. The molecule has 19 heavy (non-hydrogen) atoms. The van der Waals surface area contributed by atoms with Gasteiger partial charge in [0.25, 0.3) is 0 Å². The third-order valence-corrected chi connectivity index (χ3v) is 3.50. The van der Waals surface area contributed by atoms with E-state index in [4.69, 9.17) is 22.7 Å². The second kappa shape index (κ2) is 6.41. The largest absolute Gasteiger partial charge is 0.389 e. The van der Waals surface area contributed by atoms with Crippen molar-refractivity contribution >= 4 is 17.2 Å². The fraction of sp³-hybridized carbons (Fsp3) is 0.500. The van der Waals surface area contributed by atoms with Crippen LogP contribution in [-0.4, -0.2) is 35.7 Å². The maximum Gasteiger partial charge on any atom is 0.128 e. The first-order chi connectivity index (χ1) is 9.06. The zero-order valence-corrected chi connectivity index (χ0v) is 11.9. The van der Waals surface area contributed by atoms with Crippen molar-refractivity contribution in [1.29, 1.82) is 0 Å². The van der Waals surface area contributed by atoms with Crippen molar-refractivity contribution in [3.05, 3.63) is 35.1 Å². The fourth-order valence-electron chi connectivity index (χ4n) is 2.29. The van der Waals surface area contributed by atoms with Crippen LogP contribution in [0.4, 0.5) is 4.39 Å². The van der Waals surface area contributed by atoms with Gasteiger partial charge in [-0.15, -0.1) is 0 Å². The highest BCUT2D eigenvalue weighted by molar-refractivity contribution is 7.80. The molecule has 1 heterocycles. The van der Waals surface area contributed by atoms with E-state index in [0.29, 0.717) is 17.7 Å². The lowest BCUT2D eigenvalue weighted by atomic mass is 10.1. The Morgan fingerprint density at radius 2 is 2.37 bits per heavy atom. The molecule has 0 spiro atoms. The van der Waals surface area contributed by atoms with Crippen LogP contribution in [0, 0.1) is 5.82 Å². The third-order valence-electron chi connectivity index (χ3n) is 3.27. The Morgan fingerprint density at radius 1 is 1.58 bits per heavy atom. The van der Waals surface area contributed by atoms with Crippen LogP contribution in [0.5, 0.6) is 0 Å². The summed E-state index contributed by atoms with van der Waals surface area (Å²) in [6, 6.07) is 4.95. The maximum atomic E-state index is 14.0. The molecule has 0 radical (unpaired) electrons. The lowest BCUT2D eigenvalue weighted by Gasteiger charge is -2.22. The van der Waals surface area contributed by atoms with Gasteiger partial charge in [0.2, 0.25) is 0 Å². The summed E-state index contributed by atoms with van der Waals surface area (Å²) < 4.78 is 19.6.